The summed E-state index contributed by atoms with van der Waals surface area (Å²) in [6.45, 7) is 1.81. The number of methoxy groups -OCH3 is 1. The van der Waals surface area contributed by atoms with Gasteiger partial charge >= 0.3 is 0 Å². The van der Waals surface area contributed by atoms with E-state index in [-0.39, 0.29) is 5.91 Å². The number of nitrogens with one attached hydrogen (secondary N) is 3. The molecule has 7 heteroatoms. The molecule has 1 atom stereocenters. The molecule has 0 bridgehead atoms. The number of hydrogen-bond donors (Lipinski definition) is 3. The van der Waals surface area contributed by atoms with E-state index in [4.69, 9.17) is 28.6 Å². The van der Waals surface area contributed by atoms with Crippen molar-refractivity contribution < 1.29 is 9.53 Å². The molecule has 0 spiro atoms. The topological polar surface area (TPSA) is 62.4 Å². The van der Waals surface area contributed by atoms with E-state index in [1.54, 1.807) is 25.3 Å². The predicted octanol–water partition coefficient (Wildman–Crippen LogP) is 3.78. The standard InChI is InChI=1S/C19H18ClN3O2S/c1-11-16(18(24)22-14-9-5-6-10-15(14)25-2)17(23-19(26)21-11)12-7-3-4-8-13(12)20/h3-10,17H,1-2H3,(H,22,24)(H2,21,23,26). The summed E-state index contributed by atoms with van der Waals surface area (Å²) in [6, 6.07) is 14.2. The van der Waals surface area contributed by atoms with Gasteiger partial charge in [-0.2, -0.15) is 0 Å². The smallest absolute Gasteiger partial charge is 0.255 e. The van der Waals surface area contributed by atoms with Crippen molar-refractivity contribution in [1.82, 2.24) is 10.6 Å². The highest BCUT2D eigenvalue weighted by molar-refractivity contribution is 7.80. The van der Waals surface area contributed by atoms with Gasteiger partial charge in [0, 0.05) is 10.7 Å². The number of thiocarbonyl (C=S) groups is 1. The SMILES string of the molecule is COc1ccccc1NC(=O)C1=C(C)NC(=S)NC1c1ccccc1Cl. The van der Waals surface area contributed by atoms with Gasteiger partial charge in [0.25, 0.3) is 5.91 Å². The van der Waals surface area contributed by atoms with Gasteiger partial charge < -0.3 is 20.7 Å². The van der Waals surface area contributed by atoms with Crippen molar-refractivity contribution >= 4 is 40.5 Å². The zero-order valence-electron chi connectivity index (χ0n) is 14.3. The van der Waals surface area contributed by atoms with Crippen molar-refractivity contribution in [3.63, 3.8) is 0 Å². The molecule has 0 fully saturated rings. The van der Waals surface area contributed by atoms with Crippen molar-refractivity contribution in [2.45, 2.75) is 13.0 Å². The molecular formula is C19H18ClN3O2S. The maximum atomic E-state index is 13.1. The Balaban J connectivity index is 1.99. The van der Waals surface area contributed by atoms with Crippen LogP contribution in [0.2, 0.25) is 5.02 Å². The maximum Gasteiger partial charge on any atom is 0.255 e. The molecule has 0 aromatic heterocycles. The molecule has 1 unspecified atom stereocenters. The summed E-state index contributed by atoms with van der Waals surface area (Å²) < 4.78 is 5.30. The molecular weight excluding hydrogens is 370 g/mol. The van der Waals surface area contributed by atoms with Gasteiger partial charge in [-0.25, -0.2) is 0 Å². The van der Waals surface area contributed by atoms with Crippen molar-refractivity contribution in [1.29, 1.82) is 0 Å². The number of ether oxygens (including phenoxy) is 1. The summed E-state index contributed by atoms with van der Waals surface area (Å²) in [5.74, 6) is 0.320. The molecule has 2 aromatic carbocycles. The van der Waals surface area contributed by atoms with E-state index in [0.717, 1.165) is 5.56 Å². The molecule has 0 aliphatic carbocycles. The molecule has 0 saturated heterocycles. The first-order valence-electron chi connectivity index (χ1n) is 7.98. The third-order valence-electron chi connectivity index (χ3n) is 4.09. The number of hydrogen-bond acceptors (Lipinski definition) is 3. The van der Waals surface area contributed by atoms with E-state index >= 15 is 0 Å². The third kappa shape index (κ3) is 3.66. The second kappa shape index (κ2) is 7.76. The number of halogens is 1. The summed E-state index contributed by atoms with van der Waals surface area (Å²) >= 11 is 11.6. The minimum Gasteiger partial charge on any atom is -0.495 e. The van der Waals surface area contributed by atoms with Crippen LogP contribution in [0.15, 0.2) is 59.8 Å². The average Bonchev–Trinajstić information content (AvgIpc) is 2.61. The maximum absolute atomic E-state index is 13.1. The Kier molecular flexibility index (Phi) is 5.44. The first kappa shape index (κ1) is 18.2. The lowest BCUT2D eigenvalue weighted by molar-refractivity contribution is -0.113. The molecule has 3 N–H and O–H groups in total. The monoisotopic (exact) mass is 387 g/mol. The second-order valence-electron chi connectivity index (χ2n) is 5.75. The van der Waals surface area contributed by atoms with Crippen LogP contribution in [-0.2, 0) is 4.79 Å². The van der Waals surface area contributed by atoms with Gasteiger partial charge in [-0.05, 0) is 42.9 Å². The Morgan fingerprint density at radius 2 is 1.88 bits per heavy atom. The van der Waals surface area contributed by atoms with Crippen LogP contribution in [0, 0.1) is 0 Å². The number of anilines is 1. The fourth-order valence-corrected chi connectivity index (χ4v) is 3.39. The van der Waals surface area contributed by atoms with Crippen molar-refractivity contribution in [3.05, 3.63) is 70.4 Å². The lowest BCUT2D eigenvalue weighted by atomic mass is 9.95. The van der Waals surface area contributed by atoms with Crippen LogP contribution in [0.25, 0.3) is 0 Å². The second-order valence-corrected chi connectivity index (χ2v) is 6.56. The molecule has 26 heavy (non-hydrogen) atoms. The van der Waals surface area contributed by atoms with E-state index < -0.39 is 6.04 Å². The van der Waals surface area contributed by atoms with Gasteiger partial charge in [0.1, 0.15) is 5.75 Å². The van der Waals surface area contributed by atoms with Crippen LogP contribution >= 0.6 is 23.8 Å². The van der Waals surface area contributed by atoms with Gasteiger partial charge in [-0.3, -0.25) is 4.79 Å². The fraction of sp³-hybridized carbons (Fsp3) is 0.158. The Bertz CT molecular complexity index is 898. The van der Waals surface area contributed by atoms with E-state index in [1.165, 1.54) is 0 Å². The number of benzene rings is 2. The molecule has 1 aliphatic rings. The van der Waals surface area contributed by atoms with E-state index in [0.29, 0.717) is 32.8 Å². The summed E-state index contributed by atoms with van der Waals surface area (Å²) in [6.07, 6.45) is 0. The van der Waals surface area contributed by atoms with Gasteiger partial charge in [-0.1, -0.05) is 41.9 Å². The third-order valence-corrected chi connectivity index (χ3v) is 4.65. The number of carbonyl (C=O) groups is 1. The number of carbonyl (C=O) groups excluding carboxylic acids is 1. The summed E-state index contributed by atoms with van der Waals surface area (Å²) in [5, 5.41) is 10.1. The van der Waals surface area contributed by atoms with E-state index in [2.05, 4.69) is 16.0 Å². The molecule has 3 rings (SSSR count). The molecule has 0 saturated carbocycles. The van der Waals surface area contributed by atoms with Crippen molar-refractivity contribution in [3.8, 4) is 5.75 Å². The Morgan fingerprint density at radius 3 is 2.62 bits per heavy atom. The van der Waals surface area contributed by atoms with Crippen molar-refractivity contribution in [2.24, 2.45) is 0 Å². The minimum atomic E-state index is -0.452. The number of amides is 1. The summed E-state index contributed by atoms with van der Waals surface area (Å²) in [7, 11) is 1.56. The highest BCUT2D eigenvalue weighted by Crippen LogP contribution is 2.33. The van der Waals surface area contributed by atoms with Crippen LogP contribution in [0.5, 0.6) is 5.75 Å². The lowest BCUT2D eigenvalue weighted by Gasteiger charge is -2.31. The van der Waals surface area contributed by atoms with E-state index in [1.807, 2.05) is 37.3 Å². The van der Waals surface area contributed by atoms with Crippen LogP contribution in [0.4, 0.5) is 5.69 Å². The van der Waals surface area contributed by atoms with Crippen LogP contribution < -0.4 is 20.7 Å². The normalized spacial score (nSPS) is 16.6. The van der Waals surface area contributed by atoms with Crippen LogP contribution in [0.3, 0.4) is 0 Å². The van der Waals surface area contributed by atoms with Gasteiger partial charge in [0.05, 0.1) is 24.4 Å². The number of rotatable bonds is 4. The van der Waals surface area contributed by atoms with Gasteiger partial charge in [-0.15, -0.1) is 0 Å². The number of allylic oxidation sites excluding steroid dienone is 1. The molecule has 1 heterocycles. The molecule has 134 valence electrons. The summed E-state index contributed by atoms with van der Waals surface area (Å²) in [5.41, 5.74) is 2.55. The molecule has 5 nitrogen and oxygen atoms in total. The van der Waals surface area contributed by atoms with Gasteiger partial charge in [0.15, 0.2) is 5.11 Å². The molecule has 1 amide bonds. The zero-order chi connectivity index (χ0) is 18.7. The quantitative estimate of drug-likeness (QED) is 0.697. The highest BCUT2D eigenvalue weighted by atomic mass is 35.5. The first-order valence-corrected chi connectivity index (χ1v) is 8.77. The molecule has 0 radical (unpaired) electrons. The zero-order valence-corrected chi connectivity index (χ0v) is 15.9. The lowest BCUT2D eigenvalue weighted by Crippen LogP contribution is -2.45. The Morgan fingerprint density at radius 1 is 1.19 bits per heavy atom. The van der Waals surface area contributed by atoms with Crippen molar-refractivity contribution in [2.75, 3.05) is 12.4 Å². The predicted molar refractivity (Wildman–Crippen MR) is 107 cm³/mol. The number of para-hydroxylation sites is 2. The Hall–Kier alpha value is -2.57. The first-order chi connectivity index (χ1) is 12.5. The Labute approximate surface area is 162 Å². The highest BCUT2D eigenvalue weighted by Gasteiger charge is 2.31. The van der Waals surface area contributed by atoms with E-state index in [9.17, 15) is 4.79 Å². The van der Waals surface area contributed by atoms with Gasteiger partial charge in [0.2, 0.25) is 0 Å². The minimum absolute atomic E-state index is 0.264. The largest absolute Gasteiger partial charge is 0.495 e. The fourth-order valence-electron chi connectivity index (χ4n) is 2.87. The van der Waals surface area contributed by atoms with Crippen LogP contribution in [0.1, 0.15) is 18.5 Å². The van der Waals surface area contributed by atoms with Crippen LogP contribution in [-0.4, -0.2) is 18.1 Å². The molecule has 1 aliphatic heterocycles. The average molecular weight is 388 g/mol. The summed E-state index contributed by atoms with van der Waals surface area (Å²) in [4.78, 5) is 13.1. The molecule has 2 aromatic rings.